The first-order chi connectivity index (χ1) is 10.7. The molecule has 1 atom stereocenters. The molecule has 3 rings (SSSR count). The number of hydrogen-bond donors (Lipinski definition) is 0. The van der Waals surface area contributed by atoms with Gasteiger partial charge in [-0.25, -0.2) is 9.97 Å². The minimum atomic E-state index is 0.0618. The number of likely N-dealkylation sites (N-methyl/N-ethyl adjacent to an activating group) is 1. The number of amides is 1. The van der Waals surface area contributed by atoms with Crippen LogP contribution in [-0.4, -0.2) is 66.1 Å². The molecular formula is C16H24N4O2. The predicted octanol–water partition coefficient (Wildman–Crippen LogP) is 0.817. The van der Waals surface area contributed by atoms with Gasteiger partial charge < -0.3 is 14.5 Å². The Morgan fingerprint density at radius 3 is 3.14 bits per heavy atom. The lowest BCUT2D eigenvalue weighted by molar-refractivity contribution is -0.136. The molecule has 1 aromatic heterocycles. The van der Waals surface area contributed by atoms with E-state index in [4.69, 9.17) is 9.72 Å². The highest BCUT2D eigenvalue weighted by atomic mass is 16.5. The Kier molecular flexibility index (Phi) is 4.69. The van der Waals surface area contributed by atoms with Crippen molar-refractivity contribution in [2.45, 2.75) is 31.7 Å². The van der Waals surface area contributed by atoms with Crippen LogP contribution in [0.25, 0.3) is 0 Å². The number of rotatable bonds is 3. The second-order valence-electron chi connectivity index (χ2n) is 6.30. The highest BCUT2D eigenvalue weighted by Crippen LogP contribution is 2.26. The van der Waals surface area contributed by atoms with Gasteiger partial charge in [0.1, 0.15) is 12.4 Å². The lowest BCUT2D eigenvalue weighted by atomic mass is 9.96. The van der Waals surface area contributed by atoms with Crippen molar-refractivity contribution in [2.24, 2.45) is 0 Å². The number of aromatic nitrogens is 2. The third kappa shape index (κ3) is 3.28. The maximum Gasteiger partial charge on any atom is 0.248 e. The number of piperidine rings is 1. The first-order valence-electron chi connectivity index (χ1n) is 7.97. The molecule has 3 heterocycles. The van der Waals surface area contributed by atoms with E-state index in [9.17, 15) is 4.79 Å². The average Bonchev–Trinajstić information content (AvgIpc) is 2.54. The number of ether oxygens (including phenoxy) is 1. The van der Waals surface area contributed by atoms with Gasteiger partial charge in [-0.2, -0.15) is 0 Å². The Labute approximate surface area is 131 Å². The van der Waals surface area contributed by atoms with Crippen LogP contribution in [0.5, 0.6) is 0 Å². The maximum absolute atomic E-state index is 12.0. The van der Waals surface area contributed by atoms with E-state index in [0.29, 0.717) is 6.54 Å². The largest absolute Gasteiger partial charge is 0.375 e. The molecule has 2 aliphatic rings. The Morgan fingerprint density at radius 2 is 2.32 bits per heavy atom. The maximum atomic E-state index is 12.0. The number of nitrogens with zero attached hydrogens (tertiary/aromatic N) is 4. The Morgan fingerprint density at radius 1 is 1.45 bits per heavy atom. The molecule has 2 aliphatic heterocycles. The third-order valence-electron chi connectivity index (χ3n) is 4.55. The van der Waals surface area contributed by atoms with Gasteiger partial charge in [0.15, 0.2) is 0 Å². The molecule has 22 heavy (non-hydrogen) atoms. The summed E-state index contributed by atoms with van der Waals surface area (Å²) < 4.78 is 4.96. The molecule has 0 aliphatic carbocycles. The van der Waals surface area contributed by atoms with Crippen molar-refractivity contribution < 1.29 is 9.53 Å². The van der Waals surface area contributed by atoms with Crippen molar-refractivity contribution in [3.63, 3.8) is 0 Å². The summed E-state index contributed by atoms with van der Waals surface area (Å²) in [5, 5.41) is 0. The van der Waals surface area contributed by atoms with Gasteiger partial charge in [0.2, 0.25) is 5.91 Å². The Bertz CT molecular complexity index is 549. The number of fused-ring (bicyclic) bond motifs is 1. The van der Waals surface area contributed by atoms with Crippen molar-refractivity contribution in [3.05, 3.63) is 23.3 Å². The quantitative estimate of drug-likeness (QED) is 0.827. The van der Waals surface area contributed by atoms with E-state index in [0.717, 1.165) is 44.7 Å². The van der Waals surface area contributed by atoms with Crippen molar-refractivity contribution in [2.75, 3.05) is 40.4 Å². The van der Waals surface area contributed by atoms with Gasteiger partial charge in [0.25, 0.3) is 0 Å². The lowest BCUT2D eigenvalue weighted by Crippen LogP contribution is -2.41. The van der Waals surface area contributed by atoms with Crippen molar-refractivity contribution in [1.29, 1.82) is 0 Å². The molecule has 6 nitrogen and oxygen atoms in total. The van der Waals surface area contributed by atoms with E-state index >= 15 is 0 Å². The van der Waals surface area contributed by atoms with E-state index in [1.165, 1.54) is 11.3 Å². The van der Waals surface area contributed by atoms with Crippen LogP contribution in [-0.2, 0) is 22.5 Å². The fourth-order valence-electron chi connectivity index (χ4n) is 3.30. The molecule has 1 unspecified atom stereocenters. The summed E-state index contributed by atoms with van der Waals surface area (Å²) in [6.07, 6.45) is 5.02. The predicted molar refractivity (Wildman–Crippen MR) is 82.5 cm³/mol. The molecule has 0 radical (unpaired) electrons. The monoisotopic (exact) mass is 304 g/mol. The second-order valence-corrected chi connectivity index (χ2v) is 6.30. The van der Waals surface area contributed by atoms with Crippen LogP contribution in [0.4, 0.5) is 0 Å². The smallest absolute Gasteiger partial charge is 0.248 e. The van der Waals surface area contributed by atoms with Crippen LogP contribution < -0.4 is 0 Å². The zero-order valence-electron chi connectivity index (χ0n) is 13.4. The molecule has 6 heteroatoms. The van der Waals surface area contributed by atoms with Gasteiger partial charge in [0, 0.05) is 63.1 Å². The highest BCUT2D eigenvalue weighted by molar-refractivity contribution is 5.77. The Hall–Kier alpha value is -1.53. The number of likely N-dealkylation sites (tertiary alicyclic amines) is 1. The molecule has 1 saturated heterocycles. The second kappa shape index (κ2) is 6.71. The first kappa shape index (κ1) is 15.4. The molecule has 0 bridgehead atoms. The van der Waals surface area contributed by atoms with Gasteiger partial charge in [-0.1, -0.05) is 0 Å². The molecule has 1 amide bonds. The van der Waals surface area contributed by atoms with Gasteiger partial charge in [-0.05, 0) is 19.9 Å². The Balaban J connectivity index is 1.72. The summed E-state index contributed by atoms with van der Waals surface area (Å²) in [6, 6.07) is 0. The summed E-state index contributed by atoms with van der Waals surface area (Å²) in [6.45, 7) is 3.66. The lowest BCUT2D eigenvalue weighted by Gasteiger charge is -2.32. The number of carbonyl (C=O) groups excluding carboxylic acids is 1. The van der Waals surface area contributed by atoms with Crippen LogP contribution in [0.1, 0.15) is 35.8 Å². The topological polar surface area (TPSA) is 58.6 Å². The van der Waals surface area contributed by atoms with Crippen molar-refractivity contribution in [1.82, 2.24) is 19.8 Å². The normalized spacial score (nSPS) is 22.5. The van der Waals surface area contributed by atoms with Crippen LogP contribution in [0.2, 0.25) is 0 Å². The van der Waals surface area contributed by atoms with Crippen molar-refractivity contribution in [3.8, 4) is 0 Å². The van der Waals surface area contributed by atoms with Crippen LogP contribution in [0.15, 0.2) is 6.20 Å². The standard InChI is InChI=1S/C16H24N4O2/c1-19-7-5-14-13(9-19)8-17-16(18-14)12-4-3-6-20(10-12)15(21)11-22-2/h8,12H,3-7,9-11H2,1-2H3. The van der Waals surface area contributed by atoms with Gasteiger partial charge in [-0.3, -0.25) is 4.79 Å². The highest BCUT2D eigenvalue weighted by Gasteiger charge is 2.27. The number of carbonyl (C=O) groups is 1. The third-order valence-corrected chi connectivity index (χ3v) is 4.55. The summed E-state index contributed by atoms with van der Waals surface area (Å²) in [5.74, 6) is 1.21. The van der Waals surface area contributed by atoms with Gasteiger partial charge in [-0.15, -0.1) is 0 Å². The van der Waals surface area contributed by atoms with Crippen LogP contribution in [0.3, 0.4) is 0 Å². The van der Waals surface area contributed by atoms with Crippen LogP contribution >= 0.6 is 0 Å². The number of hydrogen-bond acceptors (Lipinski definition) is 5. The average molecular weight is 304 g/mol. The molecule has 0 aromatic carbocycles. The molecule has 0 N–H and O–H groups in total. The molecule has 0 saturated carbocycles. The minimum Gasteiger partial charge on any atom is -0.375 e. The summed E-state index contributed by atoms with van der Waals surface area (Å²) in [7, 11) is 3.68. The van der Waals surface area contributed by atoms with E-state index in [-0.39, 0.29) is 18.4 Å². The van der Waals surface area contributed by atoms with E-state index < -0.39 is 0 Å². The summed E-state index contributed by atoms with van der Waals surface area (Å²) in [5.41, 5.74) is 2.42. The molecule has 1 fully saturated rings. The van der Waals surface area contributed by atoms with Crippen LogP contribution in [0, 0.1) is 0 Å². The summed E-state index contributed by atoms with van der Waals surface area (Å²) >= 11 is 0. The molecule has 120 valence electrons. The number of methoxy groups -OCH3 is 1. The van der Waals surface area contributed by atoms with Gasteiger partial charge >= 0.3 is 0 Å². The van der Waals surface area contributed by atoms with E-state index in [1.807, 2.05) is 11.1 Å². The minimum absolute atomic E-state index is 0.0618. The fraction of sp³-hybridized carbons (Fsp3) is 0.688. The molecule has 0 spiro atoms. The first-order valence-corrected chi connectivity index (χ1v) is 7.97. The summed E-state index contributed by atoms with van der Waals surface area (Å²) in [4.78, 5) is 25.6. The van der Waals surface area contributed by atoms with E-state index in [2.05, 4.69) is 16.9 Å². The zero-order valence-corrected chi connectivity index (χ0v) is 13.4. The fourth-order valence-corrected chi connectivity index (χ4v) is 3.30. The zero-order chi connectivity index (χ0) is 15.5. The molecular weight excluding hydrogens is 280 g/mol. The SMILES string of the molecule is COCC(=O)N1CCCC(c2ncc3c(n2)CCN(C)C3)C1. The van der Waals surface area contributed by atoms with Crippen molar-refractivity contribution >= 4 is 5.91 Å². The van der Waals surface area contributed by atoms with E-state index in [1.54, 1.807) is 7.11 Å². The van der Waals surface area contributed by atoms with Gasteiger partial charge in [0.05, 0.1) is 0 Å². The molecule has 1 aromatic rings.